The molecule has 1 aliphatic carbocycles. The maximum Gasteiger partial charge on any atom is 0.307 e. The number of carboxylic acids is 1. The van der Waals surface area contributed by atoms with E-state index >= 15 is 0 Å². The fraction of sp³-hybridized carbons (Fsp3) is 0.342. The number of fused-ring (bicyclic) bond motifs is 1. The lowest BCUT2D eigenvalue weighted by Gasteiger charge is -2.28. The van der Waals surface area contributed by atoms with E-state index in [0.29, 0.717) is 41.6 Å². The number of aromatic nitrogens is 2. The molecule has 2 aliphatic rings. The van der Waals surface area contributed by atoms with Gasteiger partial charge in [-0.25, -0.2) is 0 Å². The van der Waals surface area contributed by atoms with Crippen molar-refractivity contribution in [2.24, 2.45) is 0 Å². The molecule has 3 heterocycles. The summed E-state index contributed by atoms with van der Waals surface area (Å²) in [5.41, 5.74) is 7.20. The molecule has 2 aromatic heterocycles. The lowest BCUT2D eigenvalue weighted by Crippen LogP contribution is -2.24. The van der Waals surface area contributed by atoms with Crippen molar-refractivity contribution in [3.05, 3.63) is 99.0 Å². The fourth-order valence-electron chi connectivity index (χ4n) is 6.85. The standard InChI is InChI=1S/C38H38N2O5/c1-22-18-29-27(12-13-32(41)40(29)21-23-8-10-25(11-9-23)24-6-5-7-24)35(28(22)19-33(42)43)36-31(45-38(2,3)4)20-30-34-26(15-17-44-30)14-16-39-37(34)36/h8-14,16,18,20,24H,5-7,15,17,19,21H2,1-4H3,(H,42,43). The molecule has 0 amide bonds. The summed E-state index contributed by atoms with van der Waals surface area (Å²) in [6.07, 6.45) is 6.13. The van der Waals surface area contributed by atoms with E-state index in [-0.39, 0.29) is 12.0 Å². The largest absolute Gasteiger partial charge is 0.492 e. The van der Waals surface area contributed by atoms with Gasteiger partial charge in [-0.2, -0.15) is 0 Å². The molecule has 5 aromatic rings. The molecule has 230 valence electrons. The van der Waals surface area contributed by atoms with Crippen LogP contribution in [0.15, 0.2) is 65.6 Å². The van der Waals surface area contributed by atoms with Crippen LogP contribution in [0.25, 0.3) is 32.9 Å². The first-order valence-electron chi connectivity index (χ1n) is 15.8. The number of carbonyl (C=O) groups is 1. The van der Waals surface area contributed by atoms with Gasteiger partial charge in [-0.1, -0.05) is 30.7 Å². The summed E-state index contributed by atoms with van der Waals surface area (Å²) in [7, 11) is 0. The normalized spacial score (nSPS) is 14.8. The Kier molecular flexibility index (Phi) is 7.15. The van der Waals surface area contributed by atoms with Crippen molar-refractivity contribution in [2.45, 2.75) is 77.9 Å². The van der Waals surface area contributed by atoms with Gasteiger partial charge in [0.05, 0.1) is 36.2 Å². The Labute approximate surface area is 262 Å². The van der Waals surface area contributed by atoms with Crippen LogP contribution in [0.1, 0.15) is 73.8 Å². The number of benzene rings is 3. The molecule has 7 nitrogen and oxygen atoms in total. The highest BCUT2D eigenvalue weighted by Crippen LogP contribution is 2.48. The van der Waals surface area contributed by atoms with Gasteiger partial charge in [0.15, 0.2) is 0 Å². The predicted octanol–water partition coefficient (Wildman–Crippen LogP) is 7.58. The van der Waals surface area contributed by atoms with Crippen molar-refractivity contribution < 1.29 is 19.4 Å². The van der Waals surface area contributed by atoms with Crippen molar-refractivity contribution in [2.75, 3.05) is 6.61 Å². The molecule has 3 aromatic carbocycles. The summed E-state index contributed by atoms with van der Waals surface area (Å²) in [5, 5.41) is 11.8. The van der Waals surface area contributed by atoms with E-state index in [1.54, 1.807) is 16.8 Å². The second kappa shape index (κ2) is 11.1. The molecule has 1 fully saturated rings. The van der Waals surface area contributed by atoms with Gasteiger partial charge in [0.1, 0.15) is 17.1 Å². The van der Waals surface area contributed by atoms with Gasteiger partial charge in [0, 0.05) is 41.1 Å². The van der Waals surface area contributed by atoms with Crippen molar-refractivity contribution >= 4 is 27.8 Å². The molecule has 1 N–H and O–H groups in total. The highest BCUT2D eigenvalue weighted by Gasteiger charge is 2.29. The van der Waals surface area contributed by atoms with E-state index in [4.69, 9.17) is 14.5 Å². The second-order valence-corrected chi connectivity index (χ2v) is 13.4. The van der Waals surface area contributed by atoms with Crippen molar-refractivity contribution in [3.63, 3.8) is 0 Å². The monoisotopic (exact) mass is 602 g/mol. The number of nitrogens with zero attached hydrogens (tertiary/aromatic N) is 2. The highest BCUT2D eigenvalue weighted by molar-refractivity contribution is 6.10. The van der Waals surface area contributed by atoms with Crippen molar-refractivity contribution in [3.8, 4) is 22.6 Å². The number of aryl methyl sites for hydroxylation is 1. The van der Waals surface area contributed by atoms with Gasteiger partial charge in [-0.3, -0.25) is 14.6 Å². The molecule has 0 spiro atoms. The van der Waals surface area contributed by atoms with E-state index in [2.05, 4.69) is 24.3 Å². The van der Waals surface area contributed by atoms with Gasteiger partial charge in [-0.15, -0.1) is 0 Å². The molecule has 45 heavy (non-hydrogen) atoms. The van der Waals surface area contributed by atoms with Crippen LogP contribution in [0.2, 0.25) is 0 Å². The van der Waals surface area contributed by atoms with Crippen LogP contribution in [-0.2, 0) is 24.2 Å². The summed E-state index contributed by atoms with van der Waals surface area (Å²) >= 11 is 0. The highest BCUT2D eigenvalue weighted by atomic mass is 16.5. The smallest absolute Gasteiger partial charge is 0.307 e. The molecular formula is C38H38N2O5. The molecule has 1 saturated carbocycles. The van der Waals surface area contributed by atoms with E-state index in [1.807, 2.05) is 52.0 Å². The van der Waals surface area contributed by atoms with E-state index in [9.17, 15) is 14.7 Å². The third kappa shape index (κ3) is 5.34. The Bertz CT molecular complexity index is 2030. The van der Waals surface area contributed by atoms with Gasteiger partial charge < -0.3 is 19.1 Å². The van der Waals surface area contributed by atoms with Crippen LogP contribution >= 0.6 is 0 Å². The number of pyridine rings is 2. The van der Waals surface area contributed by atoms with E-state index in [1.165, 1.54) is 24.8 Å². The van der Waals surface area contributed by atoms with Crippen molar-refractivity contribution in [1.82, 2.24) is 9.55 Å². The number of hydrogen-bond donors (Lipinski definition) is 1. The minimum Gasteiger partial charge on any atom is -0.492 e. The zero-order valence-corrected chi connectivity index (χ0v) is 26.3. The summed E-state index contributed by atoms with van der Waals surface area (Å²) in [6.45, 7) is 8.83. The molecule has 7 rings (SSSR count). The topological polar surface area (TPSA) is 90.7 Å². The van der Waals surface area contributed by atoms with Gasteiger partial charge in [0.25, 0.3) is 5.56 Å². The summed E-state index contributed by atoms with van der Waals surface area (Å²) in [6, 6.07) is 17.9. The van der Waals surface area contributed by atoms with E-state index in [0.717, 1.165) is 50.5 Å². The van der Waals surface area contributed by atoms with Crippen LogP contribution in [0.4, 0.5) is 0 Å². The second-order valence-electron chi connectivity index (χ2n) is 13.4. The quantitative estimate of drug-likeness (QED) is 0.207. The SMILES string of the molecule is Cc1cc2c(ccc(=O)n2Cc2ccc(C3CCC3)cc2)c(-c2c(OC(C)(C)C)cc3c4c(ccnc24)CCO3)c1CC(=O)O. The van der Waals surface area contributed by atoms with Crippen LogP contribution in [-0.4, -0.2) is 32.8 Å². The minimum absolute atomic E-state index is 0.114. The number of ether oxygens (including phenoxy) is 2. The number of hydrogen-bond acceptors (Lipinski definition) is 5. The Morgan fingerprint density at radius 2 is 1.84 bits per heavy atom. The van der Waals surface area contributed by atoms with Crippen LogP contribution in [0.3, 0.4) is 0 Å². The first-order valence-corrected chi connectivity index (χ1v) is 15.8. The van der Waals surface area contributed by atoms with Crippen LogP contribution in [0, 0.1) is 6.92 Å². The lowest BCUT2D eigenvalue weighted by molar-refractivity contribution is -0.136. The lowest BCUT2D eigenvalue weighted by atomic mass is 9.80. The molecule has 1 aliphatic heterocycles. The molecule has 0 saturated heterocycles. The molecule has 7 heteroatoms. The Balaban J connectivity index is 1.51. The Hall–Kier alpha value is -4.65. The zero-order chi connectivity index (χ0) is 31.5. The molecule has 0 atom stereocenters. The summed E-state index contributed by atoms with van der Waals surface area (Å²) in [5.74, 6) is 0.986. The predicted molar refractivity (Wildman–Crippen MR) is 177 cm³/mol. The summed E-state index contributed by atoms with van der Waals surface area (Å²) < 4.78 is 14.5. The summed E-state index contributed by atoms with van der Waals surface area (Å²) in [4.78, 5) is 30.7. The minimum atomic E-state index is -0.934. The van der Waals surface area contributed by atoms with Crippen LogP contribution < -0.4 is 15.0 Å². The van der Waals surface area contributed by atoms with Crippen LogP contribution in [0.5, 0.6) is 11.5 Å². The first kappa shape index (κ1) is 29.1. The number of rotatable bonds is 7. The van der Waals surface area contributed by atoms with E-state index < -0.39 is 11.6 Å². The first-order chi connectivity index (χ1) is 21.6. The number of aliphatic carboxylic acids is 1. The molecule has 0 unspecified atom stereocenters. The van der Waals surface area contributed by atoms with Gasteiger partial charge >= 0.3 is 5.97 Å². The third-order valence-electron chi connectivity index (χ3n) is 9.17. The Morgan fingerprint density at radius 1 is 1.07 bits per heavy atom. The van der Waals surface area contributed by atoms with Gasteiger partial charge in [-0.05, 0) is 92.5 Å². The molecular weight excluding hydrogens is 564 g/mol. The Morgan fingerprint density at radius 3 is 2.53 bits per heavy atom. The average Bonchev–Trinajstić information content (AvgIpc) is 2.95. The maximum absolute atomic E-state index is 13.5. The maximum atomic E-state index is 13.5. The third-order valence-corrected chi connectivity index (χ3v) is 9.17. The zero-order valence-electron chi connectivity index (χ0n) is 26.3. The number of carboxylic acid groups (broad SMARTS) is 1. The molecule has 0 bridgehead atoms. The van der Waals surface area contributed by atoms with Crippen molar-refractivity contribution in [1.29, 1.82) is 0 Å². The fourth-order valence-corrected chi connectivity index (χ4v) is 6.85. The van der Waals surface area contributed by atoms with Gasteiger partial charge in [0.2, 0.25) is 0 Å². The average molecular weight is 603 g/mol. The molecule has 0 radical (unpaired) electrons.